The predicted molar refractivity (Wildman–Crippen MR) is 54.9 cm³/mol. The predicted octanol–water partition coefficient (Wildman–Crippen LogP) is -0.203. The first kappa shape index (κ1) is 10.0. The molecule has 1 aliphatic heterocycles. The molecule has 1 N–H and O–H groups in total. The van der Waals surface area contributed by atoms with Crippen molar-refractivity contribution in [2.24, 2.45) is 0 Å². The van der Waals surface area contributed by atoms with Crippen molar-refractivity contribution in [1.82, 2.24) is 20.2 Å². The van der Waals surface area contributed by atoms with E-state index in [1.54, 1.807) is 6.20 Å². The lowest BCUT2D eigenvalue weighted by atomic mass is 10.3. The molecule has 15 heavy (non-hydrogen) atoms. The molecule has 0 aliphatic carbocycles. The Morgan fingerprint density at radius 3 is 3.13 bits per heavy atom. The Hall–Kier alpha value is -1.49. The van der Waals surface area contributed by atoms with E-state index in [0.717, 1.165) is 18.7 Å². The van der Waals surface area contributed by atoms with Crippen molar-refractivity contribution >= 4 is 5.91 Å². The van der Waals surface area contributed by atoms with Crippen LogP contribution in [0.15, 0.2) is 18.6 Å². The summed E-state index contributed by atoms with van der Waals surface area (Å²) in [5.41, 5.74) is 0.884. The maximum atomic E-state index is 11.8. The number of hydrogen-bond acceptors (Lipinski definition) is 4. The SMILES string of the molecule is CNC1CCN(Cc2ccncn2)C1=O. The average Bonchev–Trinajstić information content (AvgIpc) is 2.62. The molecule has 0 spiro atoms. The molecule has 5 heteroatoms. The van der Waals surface area contributed by atoms with E-state index in [-0.39, 0.29) is 11.9 Å². The van der Waals surface area contributed by atoms with E-state index in [1.165, 1.54) is 6.33 Å². The molecule has 1 atom stereocenters. The second-order valence-corrected chi connectivity index (χ2v) is 3.59. The van der Waals surface area contributed by atoms with Gasteiger partial charge in [0.15, 0.2) is 0 Å². The van der Waals surface area contributed by atoms with Gasteiger partial charge >= 0.3 is 0 Å². The van der Waals surface area contributed by atoms with Crippen molar-refractivity contribution in [2.45, 2.75) is 19.0 Å². The monoisotopic (exact) mass is 206 g/mol. The van der Waals surface area contributed by atoms with Crippen LogP contribution < -0.4 is 5.32 Å². The second kappa shape index (κ2) is 4.35. The Morgan fingerprint density at radius 2 is 2.53 bits per heavy atom. The molecule has 5 nitrogen and oxygen atoms in total. The van der Waals surface area contributed by atoms with Gasteiger partial charge in [0.25, 0.3) is 0 Å². The number of likely N-dealkylation sites (tertiary alicyclic amines) is 1. The van der Waals surface area contributed by atoms with Crippen LogP contribution in [0.25, 0.3) is 0 Å². The fraction of sp³-hybridized carbons (Fsp3) is 0.500. The maximum absolute atomic E-state index is 11.8. The zero-order valence-corrected chi connectivity index (χ0v) is 8.68. The molecule has 1 unspecified atom stereocenters. The van der Waals surface area contributed by atoms with Gasteiger partial charge in [-0.25, -0.2) is 9.97 Å². The van der Waals surface area contributed by atoms with E-state index < -0.39 is 0 Å². The van der Waals surface area contributed by atoms with Gasteiger partial charge in [0.1, 0.15) is 6.33 Å². The highest BCUT2D eigenvalue weighted by atomic mass is 16.2. The summed E-state index contributed by atoms with van der Waals surface area (Å²) in [5, 5.41) is 3.01. The summed E-state index contributed by atoms with van der Waals surface area (Å²) >= 11 is 0. The van der Waals surface area contributed by atoms with Crippen molar-refractivity contribution in [3.63, 3.8) is 0 Å². The zero-order valence-electron chi connectivity index (χ0n) is 8.68. The van der Waals surface area contributed by atoms with E-state index in [9.17, 15) is 4.79 Å². The topological polar surface area (TPSA) is 58.1 Å². The molecule has 1 aromatic heterocycles. The summed E-state index contributed by atoms with van der Waals surface area (Å²) < 4.78 is 0. The number of rotatable bonds is 3. The van der Waals surface area contributed by atoms with Gasteiger partial charge in [0.2, 0.25) is 5.91 Å². The lowest BCUT2D eigenvalue weighted by Crippen LogP contribution is -2.36. The summed E-state index contributed by atoms with van der Waals surface area (Å²) in [6, 6.07) is 1.81. The average molecular weight is 206 g/mol. The summed E-state index contributed by atoms with van der Waals surface area (Å²) in [4.78, 5) is 21.5. The lowest BCUT2D eigenvalue weighted by molar-refractivity contribution is -0.129. The molecule has 0 bridgehead atoms. The van der Waals surface area contributed by atoms with Gasteiger partial charge in [-0.2, -0.15) is 0 Å². The highest BCUT2D eigenvalue weighted by Gasteiger charge is 2.30. The van der Waals surface area contributed by atoms with E-state index in [4.69, 9.17) is 0 Å². The number of carbonyl (C=O) groups excluding carboxylic acids is 1. The van der Waals surface area contributed by atoms with Gasteiger partial charge in [-0.3, -0.25) is 4.79 Å². The van der Waals surface area contributed by atoms with E-state index >= 15 is 0 Å². The Kier molecular flexibility index (Phi) is 2.91. The van der Waals surface area contributed by atoms with Gasteiger partial charge < -0.3 is 10.2 Å². The highest BCUT2D eigenvalue weighted by Crippen LogP contribution is 2.13. The number of hydrogen-bond donors (Lipinski definition) is 1. The third-order valence-electron chi connectivity index (χ3n) is 2.64. The van der Waals surface area contributed by atoms with Crippen molar-refractivity contribution in [1.29, 1.82) is 0 Å². The van der Waals surface area contributed by atoms with Gasteiger partial charge in [0.05, 0.1) is 18.3 Å². The zero-order chi connectivity index (χ0) is 10.7. The van der Waals surface area contributed by atoms with Gasteiger partial charge in [-0.05, 0) is 19.5 Å². The highest BCUT2D eigenvalue weighted by molar-refractivity contribution is 5.83. The van der Waals surface area contributed by atoms with Crippen LogP contribution in [0.3, 0.4) is 0 Å². The van der Waals surface area contributed by atoms with Crippen LogP contribution in [0.5, 0.6) is 0 Å². The maximum Gasteiger partial charge on any atom is 0.240 e. The largest absolute Gasteiger partial charge is 0.335 e. The number of nitrogens with one attached hydrogen (secondary N) is 1. The van der Waals surface area contributed by atoms with Gasteiger partial charge in [0, 0.05) is 12.7 Å². The Morgan fingerprint density at radius 1 is 1.67 bits per heavy atom. The number of aromatic nitrogens is 2. The summed E-state index contributed by atoms with van der Waals surface area (Å²) in [6.45, 7) is 1.38. The Labute approximate surface area is 88.5 Å². The lowest BCUT2D eigenvalue weighted by Gasteiger charge is -2.15. The molecular weight excluding hydrogens is 192 g/mol. The van der Waals surface area contributed by atoms with E-state index in [1.807, 2.05) is 18.0 Å². The normalized spacial score (nSPS) is 21.0. The molecule has 1 aliphatic rings. The number of nitrogens with zero attached hydrogens (tertiary/aromatic N) is 3. The van der Waals surface area contributed by atoms with Crippen LogP contribution in [0, 0.1) is 0 Å². The van der Waals surface area contributed by atoms with Crippen LogP contribution in [-0.2, 0) is 11.3 Å². The summed E-state index contributed by atoms with van der Waals surface area (Å²) in [7, 11) is 1.82. The molecule has 80 valence electrons. The first-order valence-corrected chi connectivity index (χ1v) is 5.02. The Bertz CT molecular complexity index is 341. The minimum absolute atomic E-state index is 0.0214. The molecule has 1 aromatic rings. The first-order chi connectivity index (χ1) is 7.31. The van der Waals surface area contributed by atoms with Gasteiger partial charge in [-0.1, -0.05) is 0 Å². The summed E-state index contributed by atoms with van der Waals surface area (Å²) in [6.07, 6.45) is 4.07. The number of amides is 1. The van der Waals surface area contributed by atoms with Crippen LogP contribution in [0.1, 0.15) is 12.1 Å². The molecule has 1 saturated heterocycles. The van der Waals surface area contributed by atoms with Crippen LogP contribution in [0.2, 0.25) is 0 Å². The van der Waals surface area contributed by atoms with Crippen molar-refractivity contribution in [3.8, 4) is 0 Å². The summed E-state index contributed by atoms with van der Waals surface area (Å²) in [5.74, 6) is 0.163. The first-order valence-electron chi connectivity index (χ1n) is 5.02. The molecular formula is C10H14N4O. The molecule has 0 radical (unpaired) electrons. The van der Waals surface area contributed by atoms with Crippen LogP contribution in [0.4, 0.5) is 0 Å². The van der Waals surface area contributed by atoms with Crippen molar-refractivity contribution in [2.75, 3.05) is 13.6 Å². The standard InChI is InChI=1S/C10H14N4O/c1-11-9-3-5-14(10(9)15)6-8-2-4-12-7-13-8/h2,4,7,9,11H,3,5-6H2,1H3. The third-order valence-corrected chi connectivity index (χ3v) is 2.64. The minimum Gasteiger partial charge on any atom is -0.335 e. The van der Waals surface area contributed by atoms with Crippen molar-refractivity contribution in [3.05, 3.63) is 24.3 Å². The molecule has 0 aromatic carbocycles. The molecule has 2 heterocycles. The van der Waals surface area contributed by atoms with Gasteiger partial charge in [-0.15, -0.1) is 0 Å². The Balaban J connectivity index is 2.00. The van der Waals surface area contributed by atoms with Crippen LogP contribution >= 0.6 is 0 Å². The second-order valence-electron chi connectivity index (χ2n) is 3.59. The molecule has 1 fully saturated rings. The number of carbonyl (C=O) groups is 1. The minimum atomic E-state index is -0.0214. The number of likely N-dealkylation sites (N-methyl/N-ethyl adjacent to an activating group) is 1. The van der Waals surface area contributed by atoms with Crippen molar-refractivity contribution < 1.29 is 4.79 Å². The molecule has 2 rings (SSSR count). The third kappa shape index (κ3) is 2.12. The van der Waals surface area contributed by atoms with Crippen LogP contribution in [-0.4, -0.2) is 40.4 Å². The fourth-order valence-electron chi connectivity index (χ4n) is 1.77. The quantitative estimate of drug-likeness (QED) is 0.744. The molecule has 0 saturated carbocycles. The fourth-order valence-corrected chi connectivity index (χ4v) is 1.77. The smallest absolute Gasteiger partial charge is 0.240 e. The van der Waals surface area contributed by atoms with E-state index in [0.29, 0.717) is 6.54 Å². The van der Waals surface area contributed by atoms with E-state index in [2.05, 4.69) is 15.3 Å². The molecule has 1 amide bonds.